The zero-order valence-electron chi connectivity index (χ0n) is 7.20. The molecule has 0 saturated carbocycles. The minimum absolute atomic E-state index is 0.149. The van der Waals surface area contributed by atoms with Crippen LogP contribution >= 0.6 is 11.8 Å². The van der Waals surface area contributed by atoms with Gasteiger partial charge in [0.2, 0.25) is 0 Å². The minimum Gasteiger partial charge on any atom is -0.268 e. The zero-order valence-corrected chi connectivity index (χ0v) is 8.02. The van der Waals surface area contributed by atoms with Crippen LogP contribution in [0.1, 0.15) is 13.8 Å². The van der Waals surface area contributed by atoms with E-state index in [2.05, 4.69) is 24.0 Å². The normalized spacial score (nSPS) is 10.6. The molecule has 0 fully saturated rings. The molecule has 0 amide bonds. The van der Waals surface area contributed by atoms with Gasteiger partial charge in [0.1, 0.15) is 5.03 Å². The molecule has 0 spiro atoms. The van der Waals surface area contributed by atoms with E-state index in [0.717, 1.165) is 10.8 Å². The summed E-state index contributed by atoms with van der Waals surface area (Å²) in [5.74, 6) is 1.67. The summed E-state index contributed by atoms with van der Waals surface area (Å²) in [5, 5.41) is 7.15. The van der Waals surface area contributed by atoms with Crippen LogP contribution in [-0.2, 0) is 0 Å². The second-order valence-electron chi connectivity index (χ2n) is 2.96. The highest BCUT2D eigenvalue weighted by Gasteiger charge is 1.97. The maximum absolute atomic E-state index is 10.6. The van der Waals surface area contributed by atoms with E-state index in [1.807, 2.05) is 0 Å². The highest BCUT2D eigenvalue weighted by Crippen LogP contribution is 2.15. The molecule has 1 aromatic rings. The number of hydrogen-bond acceptors (Lipinski definition) is 3. The van der Waals surface area contributed by atoms with Crippen molar-refractivity contribution in [2.75, 3.05) is 5.75 Å². The molecule has 3 nitrogen and oxygen atoms in total. The molecular formula is C8H12N2OS. The van der Waals surface area contributed by atoms with Crippen LogP contribution in [0.25, 0.3) is 0 Å². The zero-order chi connectivity index (χ0) is 8.97. The monoisotopic (exact) mass is 184 g/mol. The van der Waals surface area contributed by atoms with Gasteiger partial charge in [-0.3, -0.25) is 4.79 Å². The molecule has 4 heteroatoms. The Bertz CT molecular complexity index is 275. The van der Waals surface area contributed by atoms with Crippen LogP contribution in [0.4, 0.5) is 0 Å². The molecule has 0 aliphatic heterocycles. The Morgan fingerprint density at radius 1 is 1.58 bits per heavy atom. The van der Waals surface area contributed by atoms with Crippen LogP contribution in [0.15, 0.2) is 22.0 Å². The molecule has 0 bridgehead atoms. The minimum atomic E-state index is -0.149. The van der Waals surface area contributed by atoms with E-state index < -0.39 is 0 Å². The number of hydrogen-bond donors (Lipinski definition) is 1. The van der Waals surface area contributed by atoms with Crippen LogP contribution in [0.3, 0.4) is 0 Å². The van der Waals surface area contributed by atoms with Crippen LogP contribution in [-0.4, -0.2) is 16.0 Å². The Morgan fingerprint density at radius 3 is 2.83 bits per heavy atom. The van der Waals surface area contributed by atoms with E-state index in [4.69, 9.17) is 0 Å². The van der Waals surface area contributed by atoms with Gasteiger partial charge < -0.3 is 0 Å². The summed E-state index contributed by atoms with van der Waals surface area (Å²) in [6.45, 7) is 4.30. The molecule has 0 aliphatic carbocycles. The van der Waals surface area contributed by atoms with Gasteiger partial charge in [-0.1, -0.05) is 13.8 Å². The van der Waals surface area contributed by atoms with Crippen LogP contribution in [0, 0.1) is 5.92 Å². The molecule has 1 aromatic heterocycles. The smallest absolute Gasteiger partial charge is 0.264 e. The van der Waals surface area contributed by atoms with Crippen molar-refractivity contribution < 1.29 is 0 Å². The lowest BCUT2D eigenvalue weighted by atomic mass is 10.3. The van der Waals surface area contributed by atoms with Gasteiger partial charge in [-0.15, -0.1) is 11.8 Å². The Balaban J connectivity index is 2.53. The summed E-state index contributed by atoms with van der Waals surface area (Å²) in [4.78, 5) is 10.6. The van der Waals surface area contributed by atoms with Gasteiger partial charge in [-0.25, -0.2) is 5.10 Å². The summed E-state index contributed by atoms with van der Waals surface area (Å²) in [6.07, 6.45) is 0. The third-order valence-corrected chi connectivity index (χ3v) is 2.57. The van der Waals surface area contributed by atoms with Gasteiger partial charge in [-0.05, 0) is 12.0 Å². The number of rotatable bonds is 3. The second kappa shape index (κ2) is 4.30. The van der Waals surface area contributed by atoms with Crippen LogP contribution < -0.4 is 5.56 Å². The largest absolute Gasteiger partial charge is 0.268 e. The lowest BCUT2D eigenvalue weighted by molar-refractivity contribution is 0.748. The van der Waals surface area contributed by atoms with E-state index in [1.165, 1.54) is 6.07 Å². The summed E-state index contributed by atoms with van der Waals surface area (Å²) in [7, 11) is 0. The molecule has 1 N–H and O–H groups in total. The number of aromatic nitrogens is 2. The van der Waals surface area contributed by atoms with E-state index >= 15 is 0 Å². The molecule has 1 rings (SSSR count). The predicted octanol–water partition coefficient (Wildman–Crippen LogP) is 1.52. The molecule has 66 valence electrons. The highest BCUT2D eigenvalue weighted by molar-refractivity contribution is 7.99. The number of nitrogens with one attached hydrogen (secondary N) is 1. The van der Waals surface area contributed by atoms with Crippen LogP contribution in [0.2, 0.25) is 0 Å². The van der Waals surface area contributed by atoms with Gasteiger partial charge in [0, 0.05) is 11.8 Å². The first-order chi connectivity index (χ1) is 5.68. The van der Waals surface area contributed by atoms with Gasteiger partial charge >= 0.3 is 0 Å². The van der Waals surface area contributed by atoms with Crippen molar-refractivity contribution in [3.8, 4) is 0 Å². The molecule has 0 unspecified atom stereocenters. The van der Waals surface area contributed by atoms with Gasteiger partial charge in [0.15, 0.2) is 0 Å². The molecule has 0 radical (unpaired) electrons. The molecular weight excluding hydrogens is 172 g/mol. The van der Waals surface area contributed by atoms with Crippen molar-refractivity contribution in [1.29, 1.82) is 0 Å². The standard InChI is InChI=1S/C8H12N2OS/c1-6(2)5-12-8-4-3-7(11)9-10-8/h3-4,6H,5H2,1-2H3,(H,9,11). The Morgan fingerprint density at radius 2 is 2.33 bits per heavy atom. The summed E-state index contributed by atoms with van der Waals surface area (Å²) in [5.41, 5.74) is -0.149. The number of aromatic amines is 1. The maximum Gasteiger partial charge on any atom is 0.264 e. The first-order valence-corrected chi connectivity index (χ1v) is 4.85. The van der Waals surface area contributed by atoms with Crippen molar-refractivity contribution in [3.63, 3.8) is 0 Å². The molecule has 0 atom stereocenters. The Hall–Kier alpha value is -0.770. The lowest BCUT2D eigenvalue weighted by Gasteiger charge is -2.01. The first-order valence-electron chi connectivity index (χ1n) is 3.87. The molecule has 1 heterocycles. The van der Waals surface area contributed by atoms with Crippen molar-refractivity contribution in [1.82, 2.24) is 10.2 Å². The van der Waals surface area contributed by atoms with E-state index in [9.17, 15) is 4.79 Å². The summed E-state index contributed by atoms with van der Waals surface area (Å²) >= 11 is 1.66. The lowest BCUT2D eigenvalue weighted by Crippen LogP contribution is -2.05. The number of thioether (sulfide) groups is 1. The number of nitrogens with zero attached hydrogens (tertiary/aromatic N) is 1. The number of H-pyrrole nitrogens is 1. The van der Waals surface area contributed by atoms with E-state index in [-0.39, 0.29) is 5.56 Å². The quantitative estimate of drug-likeness (QED) is 0.724. The highest BCUT2D eigenvalue weighted by atomic mass is 32.2. The average Bonchev–Trinajstić information content (AvgIpc) is 2.03. The van der Waals surface area contributed by atoms with Crippen molar-refractivity contribution in [2.45, 2.75) is 18.9 Å². The maximum atomic E-state index is 10.6. The Labute approximate surface area is 75.6 Å². The molecule has 0 aliphatic rings. The van der Waals surface area contributed by atoms with Crippen molar-refractivity contribution in [3.05, 3.63) is 22.5 Å². The first kappa shape index (κ1) is 9.32. The third-order valence-electron chi connectivity index (χ3n) is 1.22. The topological polar surface area (TPSA) is 45.8 Å². The third kappa shape index (κ3) is 3.09. The van der Waals surface area contributed by atoms with Gasteiger partial charge in [-0.2, -0.15) is 5.10 Å². The SMILES string of the molecule is CC(C)CSc1ccc(=O)[nH]n1. The predicted molar refractivity (Wildman–Crippen MR) is 50.4 cm³/mol. The van der Waals surface area contributed by atoms with Crippen molar-refractivity contribution >= 4 is 11.8 Å². The molecule has 12 heavy (non-hydrogen) atoms. The van der Waals surface area contributed by atoms with Gasteiger partial charge in [0.05, 0.1) is 0 Å². The van der Waals surface area contributed by atoms with E-state index in [1.54, 1.807) is 17.8 Å². The van der Waals surface area contributed by atoms with Crippen LogP contribution in [0.5, 0.6) is 0 Å². The fourth-order valence-electron chi connectivity index (χ4n) is 0.664. The molecule has 0 aromatic carbocycles. The van der Waals surface area contributed by atoms with Crippen molar-refractivity contribution in [2.24, 2.45) is 5.92 Å². The molecule has 0 saturated heterocycles. The van der Waals surface area contributed by atoms with Gasteiger partial charge in [0.25, 0.3) is 5.56 Å². The Kier molecular flexibility index (Phi) is 3.34. The fraction of sp³-hybridized carbons (Fsp3) is 0.500. The summed E-state index contributed by atoms with van der Waals surface area (Å²) < 4.78 is 0. The van der Waals surface area contributed by atoms with E-state index in [0.29, 0.717) is 5.92 Å². The fourth-order valence-corrected chi connectivity index (χ4v) is 1.44. The summed E-state index contributed by atoms with van der Waals surface area (Å²) in [6, 6.07) is 3.24. The average molecular weight is 184 g/mol. The second-order valence-corrected chi connectivity index (χ2v) is 4.00.